The maximum absolute atomic E-state index is 9.86. The molecule has 0 aromatic heterocycles. The molecule has 1 aromatic carbocycles. The van der Waals surface area contributed by atoms with E-state index in [4.69, 9.17) is 10.00 Å². The molecule has 0 radical (unpaired) electrons. The first-order valence-corrected chi connectivity index (χ1v) is 6.83. The zero-order chi connectivity index (χ0) is 13.5. The van der Waals surface area contributed by atoms with Crippen LogP contribution in [0.15, 0.2) is 24.3 Å². The molecule has 1 aromatic rings. The number of nitrogens with one attached hydrogen (secondary N) is 1. The van der Waals surface area contributed by atoms with Gasteiger partial charge in [0, 0.05) is 12.6 Å². The molecule has 0 spiro atoms. The molecule has 19 heavy (non-hydrogen) atoms. The number of hydrogen-bond acceptors (Lipinski definition) is 4. The number of para-hydroxylation sites is 1. The molecule has 0 saturated heterocycles. The molecule has 1 atom stereocenters. The van der Waals surface area contributed by atoms with Crippen molar-refractivity contribution < 1.29 is 9.84 Å². The lowest BCUT2D eigenvalue weighted by atomic mass is 10.2. The Morgan fingerprint density at radius 2 is 2.11 bits per heavy atom. The van der Waals surface area contributed by atoms with Crippen LogP contribution < -0.4 is 10.1 Å². The van der Waals surface area contributed by atoms with Crippen molar-refractivity contribution in [2.45, 2.75) is 37.8 Å². The molecule has 0 aliphatic heterocycles. The molecule has 4 nitrogen and oxygen atoms in total. The second-order valence-electron chi connectivity index (χ2n) is 4.96. The molecule has 2 N–H and O–H groups in total. The van der Waals surface area contributed by atoms with Crippen LogP contribution in [0.3, 0.4) is 0 Å². The van der Waals surface area contributed by atoms with E-state index in [2.05, 4.69) is 11.4 Å². The molecule has 1 aliphatic carbocycles. The number of benzene rings is 1. The van der Waals surface area contributed by atoms with Crippen LogP contribution in [0.4, 0.5) is 0 Å². The van der Waals surface area contributed by atoms with Crippen LogP contribution in [0.25, 0.3) is 0 Å². The highest BCUT2D eigenvalue weighted by atomic mass is 16.5. The summed E-state index contributed by atoms with van der Waals surface area (Å²) in [5.41, 5.74) is 0.499. The molecule has 0 heterocycles. The molecule has 1 unspecified atom stereocenters. The normalized spacial score (nSPS) is 17.1. The molecular formula is C15H20N2O2. The monoisotopic (exact) mass is 260 g/mol. The van der Waals surface area contributed by atoms with E-state index >= 15 is 0 Å². The van der Waals surface area contributed by atoms with Gasteiger partial charge >= 0.3 is 0 Å². The maximum Gasteiger partial charge on any atom is 0.137 e. The molecular weight excluding hydrogens is 240 g/mol. The van der Waals surface area contributed by atoms with Gasteiger partial charge in [0.15, 0.2) is 0 Å². The molecule has 4 heteroatoms. The predicted molar refractivity (Wildman–Crippen MR) is 72.9 cm³/mol. The Morgan fingerprint density at radius 3 is 2.84 bits per heavy atom. The van der Waals surface area contributed by atoms with Crippen LogP contribution in [-0.4, -0.2) is 30.4 Å². The lowest BCUT2D eigenvalue weighted by molar-refractivity contribution is 0.103. The fourth-order valence-electron chi connectivity index (χ4n) is 2.36. The van der Waals surface area contributed by atoms with Crippen molar-refractivity contribution in [1.82, 2.24) is 5.32 Å². The Kier molecular flexibility index (Phi) is 5.20. The number of nitriles is 1. The summed E-state index contributed by atoms with van der Waals surface area (Å²) in [5, 5.41) is 22.1. The van der Waals surface area contributed by atoms with E-state index in [1.165, 1.54) is 25.7 Å². The number of hydrogen-bond donors (Lipinski definition) is 2. The average Bonchev–Trinajstić information content (AvgIpc) is 2.96. The van der Waals surface area contributed by atoms with Gasteiger partial charge in [0.2, 0.25) is 0 Å². The Bertz CT molecular complexity index is 436. The van der Waals surface area contributed by atoms with Gasteiger partial charge in [0.25, 0.3) is 0 Å². The molecule has 102 valence electrons. The fourth-order valence-corrected chi connectivity index (χ4v) is 2.36. The Hall–Kier alpha value is -1.57. The van der Waals surface area contributed by atoms with Crippen LogP contribution in [0, 0.1) is 11.3 Å². The summed E-state index contributed by atoms with van der Waals surface area (Å²) in [6.07, 6.45) is 4.40. The maximum atomic E-state index is 9.86. The van der Waals surface area contributed by atoms with Gasteiger partial charge in [-0.05, 0) is 25.0 Å². The van der Waals surface area contributed by atoms with Crippen LogP contribution in [0.2, 0.25) is 0 Å². The van der Waals surface area contributed by atoms with Crippen molar-refractivity contribution in [3.05, 3.63) is 29.8 Å². The predicted octanol–water partition coefficient (Wildman–Crippen LogP) is 1.83. The number of aliphatic hydroxyl groups is 1. The van der Waals surface area contributed by atoms with Gasteiger partial charge < -0.3 is 15.2 Å². The Morgan fingerprint density at radius 1 is 1.37 bits per heavy atom. The summed E-state index contributed by atoms with van der Waals surface area (Å²) in [6.45, 7) is 0.748. The van der Waals surface area contributed by atoms with Crippen molar-refractivity contribution in [2.24, 2.45) is 0 Å². The Balaban J connectivity index is 1.73. The Labute approximate surface area is 114 Å². The minimum atomic E-state index is -0.549. The van der Waals surface area contributed by atoms with Gasteiger partial charge in [-0.3, -0.25) is 0 Å². The van der Waals surface area contributed by atoms with Crippen LogP contribution in [0.1, 0.15) is 31.2 Å². The minimum Gasteiger partial charge on any atom is -0.489 e. The lowest BCUT2D eigenvalue weighted by Gasteiger charge is -2.17. The van der Waals surface area contributed by atoms with Crippen LogP contribution in [-0.2, 0) is 0 Å². The molecule has 1 fully saturated rings. The first kappa shape index (κ1) is 13.9. The second kappa shape index (κ2) is 7.13. The van der Waals surface area contributed by atoms with Gasteiger partial charge in [0.05, 0.1) is 5.56 Å². The third kappa shape index (κ3) is 4.23. The second-order valence-corrected chi connectivity index (χ2v) is 4.96. The number of aliphatic hydroxyl groups excluding tert-OH is 1. The van der Waals surface area contributed by atoms with E-state index in [9.17, 15) is 5.11 Å². The van der Waals surface area contributed by atoms with Crippen molar-refractivity contribution in [3.8, 4) is 11.8 Å². The van der Waals surface area contributed by atoms with Crippen LogP contribution in [0.5, 0.6) is 5.75 Å². The van der Waals surface area contributed by atoms with Crippen molar-refractivity contribution in [1.29, 1.82) is 5.26 Å². The zero-order valence-corrected chi connectivity index (χ0v) is 11.0. The van der Waals surface area contributed by atoms with Gasteiger partial charge in [0.1, 0.15) is 24.5 Å². The van der Waals surface area contributed by atoms with E-state index in [1.807, 2.05) is 6.07 Å². The summed E-state index contributed by atoms with van der Waals surface area (Å²) in [6, 6.07) is 9.68. The number of rotatable bonds is 6. The molecule has 1 saturated carbocycles. The van der Waals surface area contributed by atoms with Crippen molar-refractivity contribution in [3.63, 3.8) is 0 Å². The molecule has 0 amide bonds. The van der Waals surface area contributed by atoms with E-state index in [1.54, 1.807) is 18.2 Å². The SMILES string of the molecule is N#Cc1ccccc1OCC(O)CNC1CCCC1. The number of nitrogens with zero attached hydrogens (tertiary/aromatic N) is 1. The summed E-state index contributed by atoms with van der Waals surface area (Å²) in [7, 11) is 0. The molecule has 1 aliphatic rings. The topological polar surface area (TPSA) is 65.3 Å². The van der Waals surface area contributed by atoms with Gasteiger partial charge in [-0.1, -0.05) is 25.0 Å². The quantitative estimate of drug-likeness (QED) is 0.819. The fraction of sp³-hybridized carbons (Fsp3) is 0.533. The summed E-state index contributed by atoms with van der Waals surface area (Å²) in [4.78, 5) is 0. The highest BCUT2D eigenvalue weighted by molar-refractivity contribution is 5.42. The molecule has 0 bridgehead atoms. The standard InChI is InChI=1S/C15H20N2O2/c16-9-12-5-1-4-8-15(12)19-11-14(18)10-17-13-6-2-3-7-13/h1,4-5,8,13-14,17-18H,2-3,6-7,10-11H2. The first-order valence-electron chi connectivity index (χ1n) is 6.83. The van der Waals surface area contributed by atoms with Gasteiger partial charge in [-0.2, -0.15) is 5.26 Å². The zero-order valence-electron chi connectivity index (χ0n) is 11.0. The van der Waals surface area contributed by atoms with Crippen LogP contribution >= 0.6 is 0 Å². The minimum absolute atomic E-state index is 0.207. The van der Waals surface area contributed by atoms with E-state index in [0.29, 0.717) is 23.9 Å². The van der Waals surface area contributed by atoms with Crippen molar-refractivity contribution in [2.75, 3.05) is 13.2 Å². The van der Waals surface area contributed by atoms with Crippen molar-refractivity contribution >= 4 is 0 Å². The van der Waals surface area contributed by atoms with E-state index < -0.39 is 6.10 Å². The molecule has 2 rings (SSSR count). The summed E-state index contributed by atoms with van der Waals surface area (Å²) < 4.78 is 5.49. The summed E-state index contributed by atoms with van der Waals surface area (Å²) >= 11 is 0. The van der Waals surface area contributed by atoms with Gasteiger partial charge in [-0.25, -0.2) is 0 Å². The third-order valence-electron chi connectivity index (χ3n) is 3.44. The highest BCUT2D eigenvalue weighted by Gasteiger charge is 2.16. The smallest absolute Gasteiger partial charge is 0.137 e. The van der Waals surface area contributed by atoms with E-state index in [-0.39, 0.29) is 6.61 Å². The largest absolute Gasteiger partial charge is 0.489 e. The number of ether oxygens (including phenoxy) is 1. The summed E-state index contributed by atoms with van der Waals surface area (Å²) in [5.74, 6) is 0.532. The third-order valence-corrected chi connectivity index (χ3v) is 3.44. The van der Waals surface area contributed by atoms with E-state index in [0.717, 1.165) is 0 Å². The first-order chi connectivity index (χ1) is 9.29. The highest BCUT2D eigenvalue weighted by Crippen LogP contribution is 2.18. The average molecular weight is 260 g/mol. The lowest BCUT2D eigenvalue weighted by Crippen LogP contribution is -2.36. The van der Waals surface area contributed by atoms with Gasteiger partial charge in [-0.15, -0.1) is 0 Å².